The summed E-state index contributed by atoms with van der Waals surface area (Å²) in [4.78, 5) is 20.6. The van der Waals surface area contributed by atoms with Gasteiger partial charge in [0, 0.05) is 44.4 Å². The van der Waals surface area contributed by atoms with Crippen molar-refractivity contribution < 1.29 is 13.7 Å². The molecule has 2 fully saturated rings. The summed E-state index contributed by atoms with van der Waals surface area (Å²) < 4.78 is 21.7. The van der Waals surface area contributed by atoms with Crippen LogP contribution in [0.2, 0.25) is 0 Å². The van der Waals surface area contributed by atoms with Crippen molar-refractivity contribution in [3.63, 3.8) is 0 Å². The molecule has 0 saturated carbocycles. The molecule has 176 valence electrons. The monoisotopic (exact) mass is 454 g/mol. The summed E-state index contributed by atoms with van der Waals surface area (Å²) in [5, 5.41) is 9.51. The Hall–Kier alpha value is -2.81. The van der Waals surface area contributed by atoms with Gasteiger partial charge in [-0.1, -0.05) is 26.0 Å². The lowest BCUT2D eigenvalue weighted by Crippen LogP contribution is -2.45. The number of aromatic nitrogens is 4. The number of amides is 1. The van der Waals surface area contributed by atoms with Crippen molar-refractivity contribution in [2.75, 3.05) is 26.2 Å². The van der Waals surface area contributed by atoms with Gasteiger partial charge in [0.1, 0.15) is 11.3 Å². The summed E-state index contributed by atoms with van der Waals surface area (Å²) >= 11 is 0. The average molecular weight is 455 g/mol. The number of halogens is 1. The number of benzene rings is 1. The molecule has 1 amide bonds. The maximum atomic E-state index is 14.7. The van der Waals surface area contributed by atoms with Gasteiger partial charge >= 0.3 is 0 Å². The quantitative estimate of drug-likeness (QED) is 0.587. The summed E-state index contributed by atoms with van der Waals surface area (Å²) in [7, 11) is 0. The van der Waals surface area contributed by atoms with E-state index in [0.717, 1.165) is 56.5 Å². The van der Waals surface area contributed by atoms with Gasteiger partial charge in [0.2, 0.25) is 11.8 Å². The number of likely N-dealkylation sites (tertiary alicyclic amines) is 2. The Balaban J connectivity index is 1.27. The van der Waals surface area contributed by atoms with E-state index in [4.69, 9.17) is 4.52 Å². The zero-order valence-corrected chi connectivity index (χ0v) is 19.5. The summed E-state index contributed by atoms with van der Waals surface area (Å²) in [6, 6.07) is 5.55. The fourth-order valence-corrected chi connectivity index (χ4v) is 5.29. The third-order valence-corrected chi connectivity index (χ3v) is 7.08. The molecule has 1 aromatic carbocycles. The Kier molecular flexibility index (Phi) is 5.90. The predicted molar refractivity (Wildman–Crippen MR) is 122 cm³/mol. The van der Waals surface area contributed by atoms with Gasteiger partial charge in [-0.25, -0.2) is 4.39 Å². The van der Waals surface area contributed by atoms with Gasteiger partial charge < -0.3 is 9.42 Å². The van der Waals surface area contributed by atoms with Crippen molar-refractivity contribution >= 4 is 16.8 Å². The smallest absolute Gasteiger partial charge is 0.291 e. The molecule has 3 aromatic rings. The number of nitrogens with zero attached hydrogens (tertiary/aromatic N) is 6. The minimum atomic E-state index is -0.347. The van der Waals surface area contributed by atoms with E-state index in [0.29, 0.717) is 29.8 Å². The van der Waals surface area contributed by atoms with E-state index in [1.807, 2.05) is 24.8 Å². The van der Waals surface area contributed by atoms with Crippen molar-refractivity contribution in [1.82, 2.24) is 29.7 Å². The minimum absolute atomic E-state index is 0.147. The molecule has 33 heavy (non-hydrogen) atoms. The largest absolute Gasteiger partial charge is 0.343 e. The molecule has 1 atom stereocenters. The molecule has 2 saturated heterocycles. The summed E-state index contributed by atoms with van der Waals surface area (Å²) in [6.07, 6.45) is 3.86. The molecule has 0 unspecified atom stereocenters. The maximum Gasteiger partial charge on any atom is 0.291 e. The van der Waals surface area contributed by atoms with Crippen LogP contribution >= 0.6 is 0 Å². The first-order valence-corrected chi connectivity index (χ1v) is 11.9. The normalized spacial score (nSPS) is 20.4. The Morgan fingerprint density at radius 2 is 2.00 bits per heavy atom. The highest BCUT2D eigenvalue weighted by atomic mass is 19.1. The zero-order chi connectivity index (χ0) is 23.1. The topological polar surface area (TPSA) is 80.3 Å². The summed E-state index contributed by atoms with van der Waals surface area (Å²) in [5.41, 5.74) is 1.20. The van der Waals surface area contributed by atoms with Gasteiger partial charge in [-0.05, 0) is 48.9 Å². The predicted octanol–water partition coefficient (Wildman–Crippen LogP) is 3.55. The van der Waals surface area contributed by atoms with E-state index >= 15 is 0 Å². The first kappa shape index (κ1) is 22.0. The Labute approximate surface area is 192 Å². The fraction of sp³-hybridized carbons (Fsp3) is 0.583. The van der Waals surface area contributed by atoms with Crippen molar-refractivity contribution in [1.29, 1.82) is 0 Å². The van der Waals surface area contributed by atoms with E-state index in [2.05, 4.69) is 20.1 Å². The highest BCUT2D eigenvalue weighted by Gasteiger charge is 2.32. The molecule has 0 bridgehead atoms. The molecule has 2 aromatic heterocycles. The second-order valence-electron chi connectivity index (χ2n) is 9.67. The maximum absolute atomic E-state index is 14.7. The number of hydrogen-bond acceptors (Lipinski definition) is 6. The van der Waals surface area contributed by atoms with Crippen LogP contribution in [0.1, 0.15) is 57.5 Å². The molecule has 0 spiro atoms. The van der Waals surface area contributed by atoms with Crippen LogP contribution in [0.15, 0.2) is 22.7 Å². The van der Waals surface area contributed by atoms with Gasteiger partial charge in [0.25, 0.3) is 5.95 Å². The van der Waals surface area contributed by atoms with Gasteiger partial charge in [-0.2, -0.15) is 14.8 Å². The molecule has 0 radical (unpaired) electrons. The molecule has 5 rings (SSSR count). The first-order valence-electron chi connectivity index (χ1n) is 11.9. The van der Waals surface area contributed by atoms with E-state index in [9.17, 15) is 9.18 Å². The van der Waals surface area contributed by atoms with Crippen LogP contribution in [-0.2, 0) is 11.2 Å². The van der Waals surface area contributed by atoms with Crippen molar-refractivity contribution in [2.45, 2.75) is 58.4 Å². The number of piperidine rings is 1. The van der Waals surface area contributed by atoms with E-state index in [1.165, 1.54) is 10.7 Å². The second-order valence-corrected chi connectivity index (χ2v) is 9.67. The number of carbonyl (C=O) groups is 1. The Morgan fingerprint density at radius 3 is 2.73 bits per heavy atom. The average Bonchev–Trinajstić information content (AvgIpc) is 3.53. The third-order valence-electron chi connectivity index (χ3n) is 7.08. The summed E-state index contributed by atoms with van der Waals surface area (Å²) in [5.74, 6) is 1.26. The van der Waals surface area contributed by atoms with E-state index < -0.39 is 0 Å². The van der Waals surface area contributed by atoms with Crippen LogP contribution in [0.4, 0.5) is 4.39 Å². The Morgan fingerprint density at radius 1 is 1.21 bits per heavy atom. The molecule has 0 N–H and O–H groups in total. The molecule has 8 nitrogen and oxygen atoms in total. The molecule has 0 aliphatic carbocycles. The lowest BCUT2D eigenvalue weighted by Gasteiger charge is -2.36. The van der Waals surface area contributed by atoms with Crippen LogP contribution < -0.4 is 0 Å². The molecular weight excluding hydrogens is 423 g/mol. The SMILES string of the molecule is CC(=O)N1CCC(N2CC[C@H](Cc3nc(-n4nc(C(C)C)c5cccc(F)c54)no3)C2)CC1. The molecule has 2 aliphatic rings. The van der Waals surface area contributed by atoms with Crippen LogP contribution in [0, 0.1) is 11.7 Å². The molecular formula is C24H31FN6O2. The highest BCUT2D eigenvalue weighted by molar-refractivity contribution is 5.84. The van der Waals surface area contributed by atoms with Crippen LogP contribution in [0.5, 0.6) is 0 Å². The van der Waals surface area contributed by atoms with Crippen molar-refractivity contribution in [2.24, 2.45) is 5.92 Å². The van der Waals surface area contributed by atoms with Crippen LogP contribution in [-0.4, -0.2) is 67.8 Å². The lowest BCUT2D eigenvalue weighted by atomic mass is 10.0. The zero-order valence-electron chi connectivity index (χ0n) is 19.5. The van der Waals surface area contributed by atoms with E-state index in [-0.39, 0.29) is 23.6 Å². The third kappa shape index (κ3) is 4.26. The number of fused-ring (bicyclic) bond motifs is 1. The van der Waals surface area contributed by atoms with Crippen LogP contribution in [0.25, 0.3) is 16.9 Å². The Bertz CT molecular complexity index is 1150. The minimum Gasteiger partial charge on any atom is -0.343 e. The fourth-order valence-electron chi connectivity index (χ4n) is 5.29. The number of rotatable bonds is 5. The van der Waals surface area contributed by atoms with Gasteiger partial charge in [0.05, 0.1) is 5.69 Å². The van der Waals surface area contributed by atoms with E-state index in [1.54, 1.807) is 13.0 Å². The second kappa shape index (κ2) is 8.85. The highest BCUT2D eigenvalue weighted by Crippen LogP contribution is 2.29. The molecule has 9 heteroatoms. The van der Waals surface area contributed by atoms with Crippen molar-refractivity contribution in [3.05, 3.63) is 35.6 Å². The first-order chi connectivity index (χ1) is 15.9. The molecule has 4 heterocycles. The van der Waals surface area contributed by atoms with Gasteiger partial charge in [-0.3, -0.25) is 9.69 Å². The number of carbonyl (C=O) groups excluding carboxylic acids is 1. The van der Waals surface area contributed by atoms with Crippen molar-refractivity contribution in [3.8, 4) is 5.95 Å². The van der Waals surface area contributed by atoms with Crippen LogP contribution in [0.3, 0.4) is 0 Å². The number of para-hydroxylation sites is 1. The molecule has 2 aliphatic heterocycles. The number of hydrogen-bond donors (Lipinski definition) is 0. The lowest BCUT2D eigenvalue weighted by molar-refractivity contribution is -0.130. The van der Waals surface area contributed by atoms with Gasteiger partial charge in [-0.15, -0.1) is 0 Å². The summed E-state index contributed by atoms with van der Waals surface area (Å²) in [6.45, 7) is 9.47. The standard InChI is InChI=1S/C24H31FN6O2/c1-15(2)22-19-5-4-6-20(25)23(19)31(27-22)24-26-21(33-28-24)13-17-7-10-30(14-17)18-8-11-29(12-9-18)16(3)32/h4-6,15,17-18H,7-14H2,1-3H3/t17-/m1/s1. The van der Waals surface area contributed by atoms with Gasteiger partial charge in [0.15, 0.2) is 0 Å².